The van der Waals surface area contributed by atoms with E-state index in [0.717, 1.165) is 16.7 Å². The normalized spacial score (nSPS) is 14.2. The van der Waals surface area contributed by atoms with Crippen molar-refractivity contribution in [2.24, 2.45) is 0 Å². The summed E-state index contributed by atoms with van der Waals surface area (Å²) in [4.78, 5) is 14.4. The van der Waals surface area contributed by atoms with E-state index in [9.17, 15) is 4.79 Å². The predicted molar refractivity (Wildman–Crippen MR) is 134 cm³/mol. The number of rotatable bonds is 4. The van der Waals surface area contributed by atoms with Gasteiger partial charge in [0.2, 0.25) is 0 Å². The number of ether oxygens (including phenoxy) is 2. The summed E-state index contributed by atoms with van der Waals surface area (Å²) >= 11 is 18.7. The average Bonchev–Trinajstić information content (AvgIpc) is 2.88. The van der Waals surface area contributed by atoms with E-state index in [1.165, 1.54) is 11.3 Å². The van der Waals surface area contributed by atoms with E-state index in [-0.39, 0.29) is 6.09 Å². The van der Waals surface area contributed by atoms with Crippen LogP contribution in [0.15, 0.2) is 36.4 Å². The van der Waals surface area contributed by atoms with Gasteiger partial charge >= 0.3 is 6.09 Å². The van der Waals surface area contributed by atoms with E-state index >= 15 is 0 Å². The van der Waals surface area contributed by atoms with Crippen molar-refractivity contribution >= 4 is 51.8 Å². The molecule has 8 heteroatoms. The predicted octanol–water partition coefficient (Wildman–Crippen LogP) is 7.02. The highest BCUT2D eigenvalue weighted by atomic mass is 35.5. The molecule has 2 aromatic carbocycles. The second kappa shape index (κ2) is 9.65. The van der Waals surface area contributed by atoms with Crippen LogP contribution < -0.4 is 4.74 Å². The molecule has 0 N–H and O–H groups in total. The molecule has 5 nitrogen and oxygen atoms in total. The molecule has 2 heterocycles. The fraction of sp³-hybridized carbons (Fsp3) is 0.400. The number of halogens is 3. The van der Waals surface area contributed by atoms with Crippen LogP contribution in [0.2, 0.25) is 15.1 Å². The molecule has 1 aliphatic heterocycles. The minimum atomic E-state index is -0.526. The highest BCUT2D eigenvalue weighted by Crippen LogP contribution is 2.35. The molecule has 1 aliphatic rings. The molecular formula is C25H27Cl3N2O3. The van der Waals surface area contributed by atoms with Crippen LogP contribution >= 0.6 is 34.8 Å². The summed E-state index contributed by atoms with van der Waals surface area (Å²) in [5.74, 6) is 0.763. The molecule has 0 radical (unpaired) electrons. The van der Waals surface area contributed by atoms with Gasteiger partial charge in [0.05, 0.1) is 22.1 Å². The molecule has 0 saturated carbocycles. The quantitative estimate of drug-likeness (QED) is 0.380. The van der Waals surface area contributed by atoms with Gasteiger partial charge in [-0.3, -0.25) is 0 Å². The van der Waals surface area contributed by atoms with Crippen molar-refractivity contribution in [3.8, 4) is 5.75 Å². The molecule has 4 rings (SSSR count). The Morgan fingerprint density at radius 2 is 1.67 bits per heavy atom. The number of nitrogens with zero attached hydrogens (tertiary/aromatic N) is 2. The summed E-state index contributed by atoms with van der Waals surface area (Å²) in [6, 6.07) is 11.2. The number of aromatic nitrogens is 1. The Hall–Kier alpha value is -2.08. The molecule has 0 saturated heterocycles. The van der Waals surface area contributed by atoms with Crippen LogP contribution in [0, 0.1) is 0 Å². The van der Waals surface area contributed by atoms with Crippen molar-refractivity contribution < 1.29 is 14.3 Å². The van der Waals surface area contributed by atoms with Gasteiger partial charge < -0.3 is 18.9 Å². The van der Waals surface area contributed by atoms with Crippen LogP contribution in [-0.4, -0.2) is 40.9 Å². The lowest BCUT2D eigenvalue weighted by atomic mass is 10.1. The first-order valence-corrected chi connectivity index (χ1v) is 12.1. The Kier molecular flexibility index (Phi) is 7.04. The smallest absolute Gasteiger partial charge is 0.410 e. The van der Waals surface area contributed by atoms with Gasteiger partial charge in [-0.2, -0.15) is 0 Å². The average molecular weight is 510 g/mol. The van der Waals surface area contributed by atoms with Crippen LogP contribution in [0.5, 0.6) is 5.75 Å². The minimum Gasteiger partial charge on any atom is -0.492 e. The van der Waals surface area contributed by atoms with E-state index in [1.807, 2.05) is 45.0 Å². The second-order valence-electron chi connectivity index (χ2n) is 9.13. The van der Waals surface area contributed by atoms with Gasteiger partial charge in [-0.25, -0.2) is 4.79 Å². The van der Waals surface area contributed by atoms with Crippen molar-refractivity contribution in [2.75, 3.05) is 19.7 Å². The first kappa shape index (κ1) is 24.1. The van der Waals surface area contributed by atoms with Crippen LogP contribution in [0.25, 0.3) is 10.9 Å². The number of carbonyl (C=O) groups is 1. The molecule has 0 bridgehead atoms. The van der Waals surface area contributed by atoms with E-state index < -0.39 is 5.60 Å². The van der Waals surface area contributed by atoms with Gasteiger partial charge in [0.1, 0.15) is 18.0 Å². The summed E-state index contributed by atoms with van der Waals surface area (Å²) in [5.41, 5.74) is 2.87. The second-order valence-corrected chi connectivity index (χ2v) is 10.4. The zero-order valence-electron chi connectivity index (χ0n) is 19.0. The monoisotopic (exact) mass is 508 g/mol. The summed E-state index contributed by atoms with van der Waals surface area (Å²) in [7, 11) is 0. The molecule has 1 amide bonds. The largest absolute Gasteiger partial charge is 0.492 e. The molecular weight excluding hydrogens is 483 g/mol. The Labute approximate surface area is 209 Å². The maximum atomic E-state index is 12.7. The van der Waals surface area contributed by atoms with Crippen molar-refractivity contribution in [1.29, 1.82) is 0 Å². The van der Waals surface area contributed by atoms with E-state index in [1.54, 1.807) is 17.0 Å². The lowest BCUT2D eigenvalue weighted by molar-refractivity contribution is 0.0258. The standard InChI is InChI=1S/C25H27Cl3N2O3/c1-25(2,3)33-24(31)29-10-8-18-19-14-20(27)21(28)15-23(19)30(22(18)9-11-29)12-13-32-17-6-4-16(26)5-7-17/h4-7,14-15H,8-13H2,1-3H3. The highest BCUT2D eigenvalue weighted by molar-refractivity contribution is 6.42. The Morgan fingerprint density at radius 1 is 1.00 bits per heavy atom. The van der Waals surface area contributed by atoms with E-state index in [0.29, 0.717) is 54.2 Å². The Morgan fingerprint density at radius 3 is 2.36 bits per heavy atom. The number of carbonyl (C=O) groups excluding carboxylic acids is 1. The molecule has 3 aromatic rings. The topological polar surface area (TPSA) is 43.7 Å². The third-order valence-electron chi connectivity index (χ3n) is 5.63. The van der Waals surface area contributed by atoms with Crippen molar-refractivity contribution in [3.05, 3.63) is 62.7 Å². The van der Waals surface area contributed by atoms with Crippen molar-refractivity contribution in [1.82, 2.24) is 9.47 Å². The first-order valence-electron chi connectivity index (χ1n) is 11.0. The Bertz CT molecular complexity index is 1170. The molecule has 0 atom stereocenters. The fourth-order valence-corrected chi connectivity index (χ4v) is 4.63. The third kappa shape index (κ3) is 5.53. The van der Waals surface area contributed by atoms with Crippen molar-refractivity contribution in [3.63, 3.8) is 0 Å². The highest BCUT2D eigenvalue weighted by Gasteiger charge is 2.27. The van der Waals surface area contributed by atoms with E-state index in [2.05, 4.69) is 4.57 Å². The summed E-state index contributed by atoms with van der Waals surface area (Å²) < 4.78 is 13.8. The number of amides is 1. The molecule has 0 unspecified atom stereocenters. The summed E-state index contributed by atoms with van der Waals surface area (Å²) in [6.07, 6.45) is 1.14. The van der Waals surface area contributed by atoms with Gasteiger partial charge in [-0.05, 0) is 69.2 Å². The summed E-state index contributed by atoms with van der Waals surface area (Å²) in [5, 5.41) is 2.78. The zero-order chi connectivity index (χ0) is 23.8. The van der Waals surface area contributed by atoms with Gasteiger partial charge in [0.25, 0.3) is 0 Å². The van der Waals surface area contributed by atoms with Crippen molar-refractivity contribution in [2.45, 2.75) is 45.8 Å². The van der Waals surface area contributed by atoms with E-state index in [4.69, 9.17) is 44.3 Å². The van der Waals surface area contributed by atoms with Crippen LogP contribution in [0.3, 0.4) is 0 Å². The molecule has 0 fully saturated rings. The SMILES string of the molecule is CC(C)(C)OC(=O)N1CCc2c(n(CCOc3ccc(Cl)cc3)c3cc(Cl)c(Cl)cc23)CC1. The number of benzene rings is 2. The molecule has 1 aromatic heterocycles. The molecule has 0 aliphatic carbocycles. The number of fused-ring (bicyclic) bond motifs is 3. The van der Waals surface area contributed by atoms with Crippen LogP contribution in [0.4, 0.5) is 4.79 Å². The lowest BCUT2D eigenvalue weighted by Crippen LogP contribution is -2.38. The summed E-state index contributed by atoms with van der Waals surface area (Å²) in [6.45, 7) is 7.93. The third-order valence-corrected chi connectivity index (χ3v) is 6.60. The molecule has 33 heavy (non-hydrogen) atoms. The maximum Gasteiger partial charge on any atom is 0.410 e. The maximum absolute atomic E-state index is 12.7. The number of hydrogen-bond donors (Lipinski definition) is 0. The van der Waals surface area contributed by atoms with Crippen LogP contribution in [-0.2, 0) is 24.1 Å². The zero-order valence-corrected chi connectivity index (χ0v) is 21.2. The molecule has 176 valence electrons. The Balaban J connectivity index is 1.60. The first-order chi connectivity index (χ1) is 15.6. The van der Waals surface area contributed by atoms with Gasteiger partial charge in [-0.15, -0.1) is 0 Å². The van der Waals surface area contributed by atoms with Crippen LogP contribution in [0.1, 0.15) is 32.0 Å². The lowest BCUT2D eigenvalue weighted by Gasteiger charge is -2.26. The van der Waals surface area contributed by atoms with Gasteiger partial charge in [-0.1, -0.05) is 34.8 Å². The number of hydrogen-bond acceptors (Lipinski definition) is 3. The molecule has 0 spiro atoms. The van der Waals surface area contributed by atoms with Gasteiger partial charge in [0.15, 0.2) is 0 Å². The minimum absolute atomic E-state index is 0.282. The fourth-order valence-electron chi connectivity index (χ4n) is 4.18. The van der Waals surface area contributed by atoms with Gasteiger partial charge in [0, 0.05) is 35.6 Å².